The van der Waals surface area contributed by atoms with E-state index in [9.17, 15) is 14.4 Å². The molecule has 240 valence electrons. The zero-order valence-corrected chi connectivity index (χ0v) is 27.7. The summed E-state index contributed by atoms with van der Waals surface area (Å²) >= 11 is 0. The van der Waals surface area contributed by atoms with Gasteiger partial charge in [0.25, 0.3) is 5.91 Å². The maximum absolute atomic E-state index is 13.1. The summed E-state index contributed by atoms with van der Waals surface area (Å²) in [5, 5.41) is 1.02. The van der Waals surface area contributed by atoms with Crippen LogP contribution in [0.15, 0.2) is 65.6 Å². The van der Waals surface area contributed by atoms with Crippen molar-refractivity contribution in [3.63, 3.8) is 0 Å². The number of carbonyl (C=O) groups is 2. The highest BCUT2D eigenvalue weighted by molar-refractivity contribution is 5.97. The summed E-state index contributed by atoms with van der Waals surface area (Å²) in [6, 6.07) is 18.0. The van der Waals surface area contributed by atoms with Gasteiger partial charge in [-0.05, 0) is 106 Å². The van der Waals surface area contributed by atoms with Gasteiger partial charge in [0.05, 0.1) is 11.0 Å². The quantitative estimate of drug-likeness (QED) is 0.248. The van der Waals surface area contributed by atoms with Crippen LogP contribution in [-0.4, -0.2) is 73.3 Å². The summed E-state index contributed by atoms with van der Waals surface area (Å²) < 4.78 is 10.3. The molecule has 0 N–H and O–H groups in total. The normalized spacial score (nSPS) is 14.7. The van der Waals surface area contributed by atoms with Gasteiger partial charge >= 0.3 is 11.8 Å². The molecule has 46 heavy (non-hydrogen) atoms. The number of piperidine rings is 1. The molecular weight excluding hydrogens is 580 g/mol. The molecule has 0 radical (unpaired) electrons. The van der Waals surface area contributed by atoms with Gasteiger partial charge in [0, 0.05) is 57.6 Å². The van der Waals surface area contributed by atoms with Crippen molar-refractivity contribution in [2.45, 2.75) is 51.7 Å². The summed E-state index contributed by atoms with van der Waals surface area (Å²) in [5.74, 6) is 0.502. The Kier molecular flexibility index (Phi) is 8.10. The van der Waals surface area contributed by atoms with Gasteiger partial charge in [-0.25, -0.2) is 14.6 Å². The fourth-order valence-electron chi connectivity index (χ4n) is 6.48. The summed E-state index contributed by atoms with van der Waals surface area (Å²) in [6.45, 7) is 8.13. The second-order valence-corrected chi connectivity index (χ2v) is 13.5. The Bertz CT molecular complexity index is 2000. The lowest BCUT2D eigenvalue weighted by Crippen LogP contribution is -2.33. The first kappa shape index (κ1) is 31.3. The molecule has 0 spiro atoms. The Morgan fingerprint density at radius 3 is 2.28 bits per heavy atom. The lowest BCUT2D eigenvalue weighted by molar-refractivity contribution is 0.0537. The lowest BCUT2D eigenvalue weighted by atomic mass is 9.89. The van der Waals surface area contributed by atoms with Crippen LogP contribution in [0.5, 0.6) is 0 Å². The third-order valence-electron chi connectivity index (χ3n) is 8.98. The Hall–Kier alpha value is -4.70. The maximum Gasteiger partial charge on any atom is 0.423 e. The van der Waals surface area contributed by atoms with Crippen LogP contribution in [-0.2, 0) is 25.4 Å². The van der Waals surface area contributed by atoms with Crippen molar-refractivity contribution < 1.29 is 14.3 Å². The summed E-state index contributed by atoms with van der Waals surface area (Å²) in [4.78, 5) is 47.2. The molecule has 1 fully saturated rings. The molecule has 0 saturated carbocycles. The van der Waals surface area contributed by atoms with Crippen molar-refractivity contribution >= 4 is 34.1 Å². The Labute approximate surface area is 268 Å². The first-order chi connectivity index (χ1) is 21.8. The number of fused-ring (bicyclic) bond motifs is 2. The summed E-state index contributed by atoms with van der Waals surface area (Å²) in [7, 11) is 7.26. The zero-order chi connectivity index (χ0) is 32.9. The molecule has 0 atom stereocenters. The molecular formula is C36H42N6O4. The van der Waals surface area contributed by atoms with Crippen LogP contribution in [0.1, 0.15) is 61.1 Å². The second kappa shape index (κ2) is 11.9. The molecule has 4 heterocycles. The lowest BCUT2D eigenvalue weighted by Gasteiger charge is -2.32. The van der Waals surface area contributed by atoms with Crippen molar-refractivity contribution in [1.29, 1.82) is 0 Å². The molecule has 1 amide bonds. The van der Waals surface area contributed by atoms with Crippen LogP contribution >= 0.6 is 0 Å². The standard InChI is InChI=1S/C36H42N6O4/c1-36(2,3)46-35(45)42-31-20-26(12-13-30(31)40(7)34(42)44)28-14-17-37-32-29(28)21-27(39(32)6)22-41-18-15-24(16-19-41)23-8-10-25(11-9-23)33(43)38(4)5/h8-14,17,20-21,24H,15-16,18-19,22H2,1-7H3. The molecule has 5 aromatic rings. The zero-order valence-electron chi connectivity index (χ0n) is 27.7. The van der Waals surface area contributed by atoms with Gasteiger partial charge in [0.1, 0.15) is 11.2 Å². The molecule has 10 heteroatoms. The monoisotopic (exact) mass is 622 g/mol. The van der Waals surface area contributed by atoms with Crippen LogP contribution in [0.3, 0.4) is 0 Å². The molecule has 2 aromatic carbocycles. The van der Waals surface area contributed by atoms with Crippen LogP contribution in [0, 0.1) is 0 Å². The number of nitrogens with zero attached hydrogens (tertiary/aromatic N) is 6. The van der Waals surface area contributed by atoms with Crippen molar-refractivity contribution in [2.75, 3.05) is 27.2 Å². The predicted octanol–water partition coefficient (Wildman–Crippen LogP) is 5.76. The number of benzene rings is 2. The summed E-state index contributed by atoms with van der Waals surface area (Å²) in [6.07, 6.45) is 3.23. The predicted molar refractivity (Wildman–Crippen MR) is 180 cm³/mol. The fourth-order valence-corrected chi connectivity index (χ4v) is 6.48. The van der Waals surface area contributed by atoms with E-state index in [4.69, 9.17) is 9.72 Å². The van der Waals surface area contributed by atoms with Crippen LogP contribution < -0.4 is 5.69 Å². The molecule has 1 aliphatic rings. The van der Waals surface area contributed by atoms with Gasteiger partial charge in [0.15, 0.2) is 0 Å². The maximum atomic E-state index is 13.1. The minimum atomic E-state index is -0.734. The number of rotatable bonds is 5. The topological polar surface area (TPSA) is 94.6 Å². The highest BCUT2D eigenvalue weighted by atomic mass is 16.6. The smallest absolute Gasteiger partial charge is 0.423 e. The van der Waals surface area contributed by atoms with E-state index < -0.39 is 17.4 Å². The molecule has 3 aromatic heterocycles. The first-order valence-electron chi connectivity index (χ1n) is 15.7. The fraction of sp³-hybridized carbons (Fsp3) is 0.389. The average Bonchev–Trinajstić information content (AvgIpc) is 3.47. The summed E-state index contributed by atoms with van der Waals surface area (Å²) in [5.41, 5.74) is 5.92. The number of aryl methyl sites for hydroxylation is 2. The Balaban J connectivity index is 1.23. The molecule has 0 aliphatic carbocycles. The van der Waals surface area contributed by atoms with Gasteiger partial charge in [-0.15, -0.1) is 0 Å². The van der Waals surface area contributed by atoms with Crippen molar-refractivity contribution in [3.05, 3.63) is 88.1 Å². The molecule has 0 bridgehead atoms. The third kappa shape index (κ3) is 5.85. The van der Waals surface area contributed by atoms with E-state index in [2.05, 4.69) is 34.7 Å². The van der Waals surface area contributed by atoms with Crippen LogP contribution in [0.25, 0.3) is 33.2 Å². The average molecular weight is 623 g/mol. The van der Waals surface area contributed by atoms with Gasteiger partial charge < -0.3 is 14.2 Å². The second-order valence-electron chi connectivity index (χ2n) is 13.5. The number of pyridine rings is 1. The van der Waals surface area contributed by atoms with Gasteiger partial charge in [-0.2, -0.15) is 4.57 Å². The number of hydrogen-bond donors (Lipinski definition) is 0. The number of amides is 1. The van der Waals surface area contributed by atoms with Gasteiger partial charge in [0.2, 0.25) is 0 Å². The van der Waals surface area contributed by atoms with Crippen LogP contribution in [0.2, 0.25) is 0 Å². The molecule has 0 unspecified atom stereocenters. The highest BCUT2D eigenvalue weighted by Gasteiger charge is 2.25. The van der Waals surface area contributed by atoms with E-state index in [0.29, 0.717) is 17.0 Å². The van der Waals surface area contributed by atoms with Crippen molar-refractivity contribution in [3.8, 4) is 11.1 Å². The molecule has 10 nitrogen and oxygen atoms in total. The van der Waals surface area contributed by atoms with E-state index in [1.165, 1.54) is 15.8 Å². The molecule has 1 aliphatic heterocycles. The minimum absolute atomic E-state index is 0.0237. The molecule has 6 rings (SSSR count). The Morgan fingerprint density at radius 2 is 1.63 bits per heavy atom. The number of imidazole rings is 1. The number of hydrogen-bond acceptors (Lipinski definition) is 6. The van der Waals surface area contributed by atoms with E-state index >= 15 is 0 Å². The van der Waals surface area contributed by atoms with E-state index in [-0.39, 0.29) is 5.91 Å². The van der Waals surface area contributed by atoms with Gasteiger partial charge in [-0.3, -0.25) is 14.3 Å². The number of likely N-dealkylation sites (tertiary alicyclic amines) is 1. The van der Waals surface area contributed by atoms with E-state index in [1.54, 1.807) is 53.0 Å². The van der Waals surface area contributed by atoms with E-state index in [1.807, 2.05) is 36.4 Å². The minimum Gasteiger partial charge on any atom is -0.443 e. The Morgan fingerprint density at radius 1 is 0.935 bits per heavy atom. The molecule has 1 saturated heterocycles. The number of aromatic nitrogens is 4. The number of carbonyl (C=O) groups excluding carboxylic acids is 2. The third-order valence-corrected chi connectivity index (χ3v) is 8.98. The van der Waals surface area contributed by atoms with Crippen molar-refractivity contribution in [2.24, 2.45) is 14.1 Å². The van der Waals surface area contributed by atoms with E-state index in [0.717, 1.165) is 64.8 Å². The van der Waals surface area contributed by atoms with Crippen LogP contribution in [0.4, 0.5) is 4.79 Å². The highest BCUT2D eigenvalue weighted by Crippen LogP contribution is 2.33. The largest absolute Gasteiger partial charge is 0.443 e. The SMILES string of the molecule is CN(C)C(=O)c1ccc(C2CCN(Cc3cc4c(-c5ccc6c(c5)n(C(=O)OC(C)(C)C)c(=O)n6C)ccnc4n3C)CC2)cc1. The number of ether oxygens (including phenoxy) is 1. The van der Waals surface area contributed by atoms with Crippen molar-refractivity contribution in [1.82, 2.24) is 28.5 Å². The first-order valence-corrected chi connectivity index (χ1v) is 15.7. The van der Waals surface area contributed by atoms with Gasteiger partial charge in [-0.1, -0.05) is 18.2 Å².